The number of hydrogen-bond acceptors (Lipinski definition) is 5. The zero-order valence-corrected chi connectivity index (χ0v) is 19.0. The van der Waals surface area contributed by atoms with Gasteiger partial charge in [0.15, 0.2) is 18.3 Å². The van der Waals surface area contributed by atoms with Crippen molar-refractivity contribution in [1.29, 1.82) is 0 Å². The Hall–Kier alpha value is -3.17. The summed E-state index contributed by atoms with van der Waals surface area (Å²) in [5, 5.41) is 4.47. The third-order valence-corrected chi connectivity index (χ3v) is 4.85. The smallest absolute Gasteiger partial charge is 0.276 e. The first kappa shape index (κ1) is 22.5. The largest absolute Gasteiger partial charge is 0.484 e. The number of halogens is 1. The number of rotatable bonds is 6. The van der Waals surface area contributed by atoms with Gasteiger partial charge < -0.3 is 9.47 Å². The van der Waals surface area contributed by atoms with Crippen LogP contribution < -0.4 is 25.6 Å². The summed E-state index contributed by atoms with van der Waals surface area (Å²) in [5.74, 6) is 0.259. The molecule has 0 bridgehead atoms. The molecular weight excluding hydrogens is 482 g/mol. The Labute approximate surface area is 193 Å². The van der Waals surface area contributed by atoms with E-state index in [1.165, 1.54) is 0 Å². The maximum absolute atomic E-state index is 12.0. The van der Waals surface area contributed by atoms with Gasteiger partial charge in [0.05, 0.1) is 0 Å². The second-order valence-corrected chi connectivity index (χ2v) is 7.87. The van der Waals surface area contributed by atoms with E-state index in [9.17, 15) is 9.59 Å². The molecule has 0 aliphatic heterocycles. The standard InChI is InChI=1S/C22H20BrN3O4S/c1-14-10-17(23)7-9-19(14)30-13-21(28)25-26-22(31)24-20(27)12-29-18-8-6-15-4-2-3-5-16(15)11-18/h2-11H,12-13H2,1H3,(H,25,28)(H2,24,26,27,31). The van der Waals surface area contributed by atoms with Crippen LogP contribution in [0.5, 0.6) is 11.5 Å². The number of thiocarbonyl (C=S) groups is 1. The van der Waals surface area contributed by atoms with Crippen LogP contribution in [0.1, 0.15) is 5.56 Å². The Balaban J connectivity index is 1.37. The van der Waals surface area contributed by atoms with Crippen LogP contribution in [0.3, 0.4) is 0 Å². The van der Waals surface area contributed by atoms with E-state index in [1.54, 1.807) is 12.1 Å². The fourth-order valence-electron chi connectivity index (χ4n) is 2.68. The fraction of sp³-hybridized carbons (Fsp3) is 0.136. The molecule has 3 aromatic carbocycles. The molecule has 31 heavy (non-hydrogen) atoms. The van der Waals surface area contributed by atoms with E-state index in [0.717, 1.165) is 20.8 Å². The Kier molecular flexibility index (Phi) is 7.80. The Morgan fingerprint density at radius 2 is 1.65 bits per heavy atom. The van der Waals surface area contributed by atoms with Crippen LogP contribution in [-0.2, 0) is 9.59 Å². The van der Waals surface area contributed by atoms with E-state index in [2.05, 4.69) is 32.1 Å². The van der Waals surface area contributed by atoms with Crippen molar-refractivity contribution in [3.8, 4) is 11.5 Å². The lowest BCUT2D eigenvalue weighted by Gasteiger charge is -2.13. The highest BCUT2D eigenvalue weighted by Gasteiger charge is 2.09. The van der Waals surface area contributed by atoms with Crippen LogP contribution in [0.4, 0.5) is 0 Å². The number of carbonyl (C=O) groups is 2. The zero-order chi connectivity index (χ0) is 22.2. The third-order valence-electron chi connectivity index (χ3n) is 4.16. The van der Waals surface area contributed by atoms with Gasteiger partial charge in [0, 0.05) is 4.47 Å². The number of ether oxygens (including phenoxy) is 2. The second-order valence-electron chi connectivity index (χ2n) is 6.55. The SMILES string of the molecule is Cc1cc(Br)ccc1OCC(=O)NNC(=S)NC(=O)COc1ccc2ccccc2c1. The number of aryl methyl sites for hydroxylation is 1. The monoisotopic (exact) mass is 501 g/mol. The van der Waals surface area contributed by atoms with Gasteiger partial charge in [-0.2, -0.15) is 0 Å². The normalized spacial score (nSPS) is 10.3. The van der Waals surface area contributed by atoms with Gasteiger partial charge in [-0.1, -0.05) is 46.3 Å². The Morgan fingerprint density at radius 1 is 0.903 bits per heavy atom. The van der Waals surface area contributed by atoms with Crippen molar-refractivity contribution in [2.24, 2.45) is 0 Å². The minimum absolute atomic E-state index is 0.0553. The van der Waals surface area contributed by atoms with Gasteiger partial charge in [-0.25, -0.2) is 0 Å². The van der Waals surface area contributed by atoms with Gasteiger partial charge in [-0.3, -0.25) is 25.8 Å². The topological polar surface area (TPSA) is 88.7 Å². The van der Waals surface area contributed by atoms with Crippen molar-refractivity contribution in [2.75, 3.05) is 13.2 Å². The van der Waals surface area contributed by atoms with Crippen molar-refractivity contribution >= 4 is 55.8 Å². The molecule has 0 unspecified atom stereocenters. The van der Waals surface area contributed by atoms with E-state index >= 15 is 0 Å². The molecule has 0 saturated carbocycles. The highest BCUT2D eigenvalue weighted by atomic mass is 79.9. The average Bonchev–Trinajstić information content (AvgIpc) is 2.75. The Morgan fingerprint density at radius 3 is 2.42 bits per heavy atom. The van der Waals surface area contributed by atoms with Gasteiger partial charge >= 0.3 is 0 Å². The molecule has 0 saturated heterocycles. The van der Waals surface area contributed by atoms with Crippen molar-refractivity contribution < 1.29 is 19.1 Å². The molecular formula is C22H20BrN3O4S. The number of fused-ring (bicyclic) bond motifs is 1. The quantitative estimate of drug-likeness (QED) is 0.354. The van der Waals surface area contributed by atoms with E-state index in [0.29, 0.717) is 11.5 Å². The molecule has 2 amide bonds. The second kappa shape index (κ2) is 10.7. The molecule has 7 nitrogen and oxygen atoms in total. The summed E-state index contributed by atoms with van der Waals surface area (Å²) in [4.78, 5) is 23.9. The molecule has 0 aromatic heterocycles. The molecule has 0 spiro atoms. The molecule has 3 N–H and O–H groups in total. The predicted octanol–water partition coefficient (Wildman–Crippen LogP) is 3.39. The molecule has 0 radical (unpaired) electrons. The third kappa shape index (κ3) is 6.94. The number of carbonyl (C=O) groups excluding carboxylic acids is 2. The summed E-state index contributed by atoms with van der Waals surface area (Å²) in [5.41, 5.74) is 5.71. The van der Waals surface area contributed by atoms with Crippen molar-refractivity contribution in [3.05, 3.63) is 70.7 Å². The number of hydrazine groups is 1. The fourth-order valence-corrected chi connectivity index (χ4v) is 3.32. The molecule has 0 atom stereocenters. The van der Waals surface area contributed by atoms with Crippen molar-refractivity contribution in [1.82, 2.24) is 16.2 Å². The van der Waals surface area contributed by atoms with Crippen LogP contribution >= 0.6 is 28.1 Å². The minimum Gasteiger partial charge on any atom is -0.484 e. The average molecular weight is 502 g/mol. The lowest BCUT2D eigenvalue weighted by Crippen LogP contribution is -2.50. The van der Waals surface area contributed by atoms with E-state index in [4.69, 9.17) is 21.7 Å². The lowest BCUT2D eigenvalue weighted by atomic mass is 10.1. The summed E-state index contributed by atoms with van der Waals surface area (Å²) in [7, 11) is 0. The number of hydrogen-bond donors (Lipinski definition) is 3. The number of nitrogens with one attached hydrogen (secondary N) is 3. The minimum atomic E-state index is -0.457. The summed E-state index contributed by atoms with van der Waals surface area (Å²) in [6.07, 6.45) is 0. The van der Waals surface area contributed by atoms with Gasteiger partial charge in [0.2, 0.25) is 0 Å². The summed E-state index contributed by atoms with van der Waals surface area (Å²) >= 11 is 8.36. The zero-order valence-electron chi connectivity index (χ0n) is 16.6. The molecule has 3 rings (SSSR count). The first-order valence-corrected chi connectivity index (χ1v) is 10.5. The van der Waals surface area contributed by atoms with E-state index < -0.39 is 11.8 Å². The maximum atomic E-state index is 12.0. The van der Waals surface area contributed by atoms with Crippen LogP contribution in [0, 0.1) is 6.92 Å². The van der Waals surface area contributed by atoms with Gasteiger partial charge in [0.1, 0.15) is 11.5 Å². The molecule has 3 aromatic rings. The highest BCUT2D eigenvalue weighted by molar-refractivity contribution is 9.10. The summed E-state index contributed by atoms with van der Waals surface area (Å²) < 4.78 is 11.9. The number of benzene rings is 3. The first-order valence-electron chi connectivity index (χ1n) is 9.30. The Bertz CT molecular complexity index is 1120. The number of amides is 2. The molecule has 160 valence electrons. The predicted molar refractivity (Wildman–Crippen MR) is 126 cm³/mol. The highest BCUT2D eigenvalue weighted by Crippen LogP contribution is 2.22. The van der Waals surface area contributed by atoms with Crippen molar-refractivity contribution in [2.45, 2.75) is 6.92 Å². The van der Waals surface area contributed by atoms with Crippen LogP contribution in [0.15, 0.2) is 65.1 Å². The van der Waals surface area contributed by atoms with Crippen LogP contribution in [0.2, 0.25) is 0 Å². The van der Waals surface area contributed by atoms with E-state index in [1.807, 2.05) is 55.5 Å². The van der Waals surface area contributed by atoms with Gasteiger partial charge in [-0.05, 0) is 65.8 Å². The molecule has 9 heteroatoms. The van der Waals surface area contributed by atoms with Gasteiger partial charge in [-0.15, -0.1) is 0 Å². The molecule has 0 aliphatic carbocycles. The molecule has 0 heterocycles. The van der Waals surface area contributed by atoms with E-state index in [-0.39, 0.29) is 18.3 Å². The summed E-state index contributed by atoms with van der Waals surface area (Å²) in [6.45, 7) is 1.44. The lowest BCUT2D eigenvalue weighted by molar-refractivity contribution is -0.124. The molecule has 0 fully saturated rings. The van der Waals surface area contributed by atoms with Crippen LogP contribution in [-0.4, -0.2) is 30.1 Å². The first-order chi connectivity index (χ1) is 14.9. The maximum Gasteiger partial charge on any atom is 0.276 e. The molecule has 0 aliphatic rings. The van der Waals surface area contributed by atoms with Crippen LogP contribution in [0.25, 0.3) is 10.8 Å². The van der Waals surface area contributed by atoms with Gasteiger partial charge in [0.25, 0.3) is 11.8 Å². The summed E-state index contributed by atoms with van der Waals surface area (Å²) in [6, 6.07) is 18.9. The van der Waals surface area contributed by atoms with Crippen molar-refractivity contribution in [3.63, 3.8) is 0 Å².